The number of rotatable bonds is 12. The Morgan fingerprint density at radius 1 is 0.628 bits per heavy atom. The summed E-state index contributed by atoms with van der Waals surface area (Å²) < 4.78 is 6.87. The predicted molar refractivity (Wildman–Crippen MR) is 306 cm³/mol. The molecule has 0 aliphatic carbocycles. The van der Waals surface area contributed by atoms with Gasteiger partial charge in [0.15, 0.2) is 0 Å². The maximum absolute atomic E-state index is 14.3. The fourth-order valence-corrected chi connectivity index (χ4v) is 9.58. The minimum absolute atomic E-state index is 0. The molecule has 0 radical (unpaired) electrons. The highest BCUT2D eigenvalue weighted by Crippen LogP contribution is 2.33. The van der Waals surface area contributed by atoms with E-state index in [0.29, 0.717) is 39.5 Å². The molecule has 11 rings (SSSR count). The molecule has 0 saturated carbocycles. The lowest BCUT2D eigenvalue weighted by Gasteiger charge is -2.31. The number of hydrogen-bond acceptors (Lipinski definition) is 13. The van der Waals surface area contributed by atoms with Crippen molar-refractivity contribution in [1.82, 2.24) is 58.4 Å². The summed E-state index contributed by atoms with van der Waals surface area (Å²) in [4.78, 5) is 74.8. The van der Waals surface area contributed by atoms with Crippen molar-refractivity contribution in [2.75, 3.05) is 43.6 Å². The van der Waals surface area contributed by atoms with Gasteiger partial charge in [0.05, 0.1) is 35.2 Å². The van der Waals surface area contributed by atoms with E-state index >= 15 is 0 Å². The zero-order valence-corrected chi connectivity index (χ0v) is 43.7. The number of pyridine rings is 2. The molecule has 2 atom stereocenters. The fourth-order valence-electron chi connectivity index (χ4n) is 9.58. The van der Waals surface area contributed by atoms with Gasteiger partial charge in [-0.1, -0.05) is 80.2 Å². The number of nitrogens with one attached hydrogen (secondary N) is 2. The summed E-state index contributed by atoms with van der Waals surface area (Å²) in [5, 5.41) is 18.2. The number of hydrogen-bond donors (Lipinski definition) is 3. The Hall–Kier alpha value is -9.78. The number of aromatic nitrogens is 10. The van der Waals surface area contributed by atoms with Gasteiger partial charge in [0, 0.05) is 100.0 Å². The molecule has 1 aliphatic rings. The Balaban J connectivity index is 0.000000187. The zero-order valence-electron chi connectivity index (χ0n) is 43.7. The topological polar surface area (TPSA) is 222 Å². The average Bonchev–Trinajstić information content (AvgIpc) is 4.18. The molecule has 396 valence electrons. The van der Waals surface area contributed by atoms with Gasteiger partial charge >= 0.3 is 0 Å². The first-order chi connectivity index (χ1) is 37.1. The summed E-state index contributed by atoms with van der Waals surface area (Å²) in [5.41, 5.74) is 12.6. The lowest BCUT2D eigenvalue weighted by molar-refractivity contribution is 0.0651. The van der Waals surface area contributed by atoms with E-state index in [1.54, 1.807) is 63.0 Å². The molecule has 0 spiro atoms. The van der Waals surface area contributed by atoms with Crippen LogP contribution < -0.4 is 27.5 Å². The highest BCUT2D eigenvalue weighted by atomic mass is 16.2. The van der Waals surface area contributed by atoms with Gasteiger partial charge in [-0.2, -0.15) is 15.2 Å². The Morgan fingerprint density at radius 3 is 1.54 bits per heavy atom. The lowest BCUT2D eigenvalue weighted by Crippen LogP contribution is -2.42. The third-order valence-corrected chi connectivity index (χ3v) is 13.5. The summed E-state index contributed by atoms with van der Waals surface area (Å²) in [5.74, 6) is 0.999. The molecule has 0 unspecified atom stereocenters. The predicted octanol–water partition coefficient (Wildman–Crippen LogP) is 8.78. The third-order valence-electron chi connectivity index (χ3n) is 13.5. The van der Waals surface area contributed by atoms with Crippen molar-refractivity contribution in [3.63, 3.8) is 0 Å². The Labute approximate surface area is 450 Å². The van der Waals surface area contributed by atoms with Gasteiger partial charge in [-0.25, -0.2) is 15.0 Å². The maximum Gasteiger partial charge on any atom is 0.263 e. The maximum atomic E-state index is 14.3. The molecule has 19 heteroatoms. The monoisotopic (exact) mass is 1040 g/mol. The Kier molecular flexibility index (Phi) is 15.1. The Bertz CT molecular complexity index is 3970. The molecule has 1 aliphatic heterocycles. The van der Waals surface area contributed by atoms with Crippen LogP contribution in [0.2, 0.25) is 0 Å². The number of nitrogen functional groups attached to an aromatic ring is 1. The SMILES string of the molecule is C.C[C@H](Nc1nc(N)ncc1C(=O)N(C)C)c1cc2cccc(-c3cnn(C)c3)c2c(=O)n1-c1ccccc1.Cc1ncc(C(=O)N2CCC2)c(N[C@@H](C)c2cc3cccc(-c4cnn(C)c4)c3c(=O)n2-c2ccccc2)n1. The van der Waals surface area contributed by atoms with E-state index in [0.717, 1.165) is 69.6 Å². The number of nitrogens with zero attached hydrogens (tertiary/aromatic N) is 12. The number of aryl methyl sites for hydroxylation is 3. The molecular formula is C59H61N15O4. The van der Waals surface area contributed by atoms with E-state index in [2.05, 4.69) is 40.8 Å². The lowest BCUT2D eigenvalue weighted by atomic mass is 9.99. The van der Waals surface area contributed by atoms with E-state index in [1.165, 1.54) is 11.1 Å². The molecule has 4 N–H and O–H groups in total. The smallest absolute Gasteiger partial charge is 0.263 e. The van der Waals surface area contributed by atoms with E-state index in [1.807, 2.05) is 150 Å². The second-order valence-electron chi connectivity index (χ2n) is 19.2. The molecule has 2 amide bonds. The molecule has 4 aromatic carbocycles. The average molecular weight is 1040 g/mol. The minimum atomic E-state index is -0.433. The van der Waals surface area contributed by atoms with Crippen LogP contribution >= 0.6 is 0 Å². The largest absolute Gasteiger partial charge is 0.368 e. The van der Waals surface area contributed by atoms with Crippen molar-refractivity contribution in [3.8, 4) is 33.6 Å². The first-order valence-electron chi connectivity index (χ1n) is 25.1. The van der Waals surface area contributed by atoms with Crippen molar-refractivity contribution >= 4 is 50.9 Å². The van der Waals surface area contributed by atoms with Crippen LogP contribution in [-0.2, 0) is 14.1 Å². The number of amides is 2. The summed E-state index contributed by atoms with van der Waals surface area (Å²) in [6, 6.07) is 33.9. The third kappa shape index (κ3) is 10.4. The fraction of sp³-hybridized carbons (Fsp3) is 0.220. The molecule has 0 bridgehead atoms. The Morgan fingerprint density at radius 2 is 1.10 bits per heavy atom. The summed E-state index contributed by atoms with van der Waals surface area (Å²) in [6.07, 6.45) is 11.3. The first-order valence-corrected chi connectivity index (χ1v) is 25.1. The molecule has 1 fully saturated rings. The summed E-state index contributed by atoms with van der Waals surface area (Å²) in [6.45, 7) is 7.15. The number of carbonyl (C=O) groups is 2. The van der Waals surface area contributed by atoms with Crippen LogP contribution in [-0.4, -0.2) is 97.4 Å². The minimum Gasteiger partial charge on any atom is -0.368 e. The van der Waals surface area contributed by atoms with Crippen molar-refractivity contribution < 1.29 is 9.59 Å². The highest BCUT2D eigenvalue weighted by molar-refractivity contribution is 6.00. The number of likely N-dealkylation sites (tertiary alicyclic amines) is 1. The molecular weight excluding hydrogens is 983 g/mol. The molecule has 10 aromatic rings. The quantitative estimate of drug-likeness (QED) is 0.104. The number of para-hydroxylation sites is 2. The molecule has 78 heavy (non-hydrogen) atoms. The number of carbonyl (C=O) groups excluding carboxylic acids is 2. The second kappa shape index (κ2) is 22.2. The summed E-state index contributed by atoms with van der Waals surface area (Å²) >= 11 is 0. The van der Waals surface area contributed by atoms with Crippen LogP contribution in [0.1, 0.15) is 77.7 Å². The van der Waals surface area contributed by atoms with Crippen LogP contribution in [0.15, 0.2) is 156 Å². The van der Waals surface area contributed by atoms with Crippen molar-refractivity contribution in [1.29, 1.82) is 0 Å². The van der Waals surface area contributed by atoms with E-state index in [-0.39, 0.29) is 47.9 Å². The first kappa shape index (κ1) is 53.1. The molecule has 6 aromatic heterocycles. The normalized spacial score (nSPS) is 12.7. The van der Waals surface area contributed by atoms with E-state index < -0.39 is 6.04 Å². The van der Waals surface area contributed by atoms with Gasteiger partial charge < -0.3 is 26.2 Å². The second-order valence-corrected chi connectivity index (χ2v) is 19.2. The van der Waals surface area contributed by atoms with Gasteiger partial charge in [0.25, 0.3) is 22.9 Å². The number of nitrogens with two attached hydrogens (primary N) is 1. The van der Waals surface area contributed by atoms with Crippen LogP contribution in [0.3, 0.4) is 0 Å². The zero-order chi connectivity index (χ0) is 54.1. The molecule has 19 nitrogen and oxygen atoms in total. The molecule has 1 saturated heterocycles. The van der Waals surface area contributed by atoms with Gasteiger partial charge in [-0.3, -0.25) is 37.7 Å². The van der Waals surface area contributed by atoms with E-state index in [4.69, 9.17) is 5.73 Å². The number of fused-ring (bicyclic) bond motifs is 2. The van der Waals surface area contributed by atoms with Crippen LogP contribution in [0.5, 0.6) is 0 Å². The van der Waals surface area contributed by atoms with Gasteiger partial charge in [0.2, 0.25) is 5.95 Å². The molecule has 7 heterocycles. The highest BCUT2D eigenvalue weighted by Gasteiger charge is 2.28. The standard InChI is InChI=1S/C30H29N7O2.C28H28N8O2.CH4/c1-19(33-28-25(17-31-20(2)34-28)29(38)36-13-8-14-36)26-15-21-9-7-12-24(22-16-32-35(3)18-22)27(21)30(39)37(26)23-10-5-4-6-11-23;1-17(32-25-22(26(37)34(2)3)15-30-28(29)33-25)23-13-18-9-8-12-21(19-14-31-35(4)16-19)24(18)27(38)36(23)20-10-6-5-7-11-20;/h4-7,9-12,15-19H,8,13-14H2,1-3H3,(H,31,33,34);5-17H,1-4H3,(H3,29,30,32,33);1H4/t19-;17-;/m00./s1. The van der Waals surface area contributed by atoms with Gasteiger partial charge in [-0.15, -0.1) is 0 Å². The van der Waals surface area contributed by atoms with Crippen LogP contribution in [0.25, 0.3) is 55.2 Å². The number of anilines is 3. The van der Waals surface area contributed by atoms with E-state index in [9.17, 15) is 19.2 Å². The van der Waals surface area contributed by atoms with Gasteiger partial charge in [-0.05, 0) is 85.5 Å². The number of benzene rings is 4. The summed E-state index contributed by atoms with van der Waals surface area (Å²) in [7, 11) is 7.01. The van der Waals surface area contributed by atoms with Gasteiger partial charge in [0.1, 0.15) is 28.6 Å². The van der Waals surface area contributed by atoms with Crippen LogP contribution in [0, 0.1) is 6.92 Å². The van der Waals surface area contributed by atoms with Crippen molar-refractivity contribution in [2.24, 2.45) is 14.1 Å². The van der Waals surface area contributed by atoms with Crippen LogP contribution in [0.4, 0.5) is 17.6 Å². The van der Waals surface area contributed by atoms with Crippen molar-refractivity contribution in [3.05, 3.63) is 195 Å². The van der Waals surface area contributed by atoms with Crippen molar-refractivity contribution in [2.45, 2.75) is 46.7 Å².